The first kappa shape index (κ1) is 17.1. The van der Waals surface area contributed by atoms with Crippen molar-refractivity contribution in [2.24, 2.45) is 0 Å². The van der Waals surface area contributed by atoms with Gasteiger partial charge in [0.1, 0.15) is 12.6 Å². The largest absolute Gasteiger partial charge is 0.416 e. The fourth-order valence-corrected chi connectivity index (χ4v) is 2.60. The van der Waals surface area contributed by atoms with Crippen LogP contribution < -0.4 is 5.32 Å². The van der Waals surface area contributed by atoms with Crippen molar-refractivity contribution < 1.29 is 27.1 Å². The van der Waals surface area contributed by atoms with Crippen molar-refractivity contribution in [3.05, 3.63) is 35.4 Å². The van der Waals surface area contributed by atoms with E-state index in [1.54, 1.807) is 0 Å². The van der Waals surface area contributed by atoms with E-state index in [-0.39, 0.29) is 5.56 Å². The average molecular weight is 324 g/mol. The van der Waals surface area contributed by atoms with Crippen LogP contribution in [0.5, 0.6) is 0 Å². The van der Waals surface area contributed by atoms with Gasteiger partial charge in [0.15, 0.2) is 0 Å². The van der Waals surface area contributed by atoms with E-state index in [1.807, 2.05) is 0 Å². The van der Waals surface area contributed by atoms with Crippen molar-refractivity contribution in [3.63, 3.8) is 0 Å². The number of rotatable bonds is 4. The lowest BCUT2D eigenvalue weighted by Crippen LogP contribution is -2.51. The first-order valence-corrected chi connectivity index (χ1v) is 6.86. The number of alkyl halides is 5. The molecule has 0 radical (unpaired) electrons. The quantitative estimate of drug-likeness (QED) is 0.834. The zero-order valence-electron chi connectivity index (χ0n) is 11.7. The maximum atomic E-state index is 14.1. The van der Waals surface area contributed by atoms with Crippen molar-refractivity contribution in [2.45, 2.75) is 18.1 Å². The number of benzene rings is 1. The van der Waals surface area contributed by atoms with Gasteiger partial charge in [-0.2, -0.15) is 13.2 Å². The molecule has 0 spiro atoms. The molecule has 1 aromatic carbocycles. The summed E-state index contributed by atoms with van der Waals surface area (Å²) in [6, 6.07) is 2.25. The third kappa shape index (κ3) is 3.74. The maximum Gasteiger partial charge on any atom is 0.416 e. The second-order valence-electron chi connectivity index (χ2n) is 5.23. The molecule has 1 aliphatic heterocycles. The lowest BCUT2D eigenvalue weighted by molar-refractivity contribution is -0.137. The molecule has 1 heterocycles. The Bertz CT molecular complexity index is 483. The van der Waals surface area contributed by atoms with E-state index in [2.05, 4.69) is 5.32 Å². The monoisotopic (exact) mass is 324 g/mol. The minimum Gasteiger partial charge on any atom is -0.390 e. The minimum atomic E-state index is -4.51. The lowest BCUT2D eigenvalue weighted by Gasteiger charge is -2.38. The van der Waals surface area contributed by atoms with Crippen molar-refractivity contribution in [1.29, 1.82) is 0 Å². The molecule has 0 aromatic heterocycles. The van der Waals surface area contributed by atoms with Gasteiger partial charge in [0, 0.05) is 26.2 Å². The van der Waals surface area contributed by atoms with E-state index in [1.165, 1.54) is 4.90 Å². The molecule has 1 saturated heterocycles. The molecule has 8 heteroatoms. The van der Waals surface area contributed by atoms with Crippen LogP contribution in [-0.4, -0.2) is 48.7 Å². The van der Waals surface area contributed by atoms with Gasteiger partial charge in [-0.15, -0.1) is 0 Å². The summed E-state index contributed by atoms with van der Waals surface area (Å²) in [5.74, 6) is -3.43. The van der Waals surface area contributed by atoms with Crippen molar-refractivity contribution in [1.82, 2.24) is 10.2 Å². The van der Waals surface area contributed by atoms with Crippen LogP contribution in [0.15, 0.2) is 24.3 Å². The third-order valence-corrected chi connectivity index (χ3v) is 3.68. The first-order chi connectivity index (χ1) is 10.3. The SMILES string of the molecule is OCC(F)(F)[C@@H](c1ccc(C(F)(F)F)cc1)N1CCNCC1. The number of nitrogens with one attached hydrogen (secondary N) is 1. The van der Waals surface area contributed by atoms with Gasteiger partial charge in [0.2, 0.25) is 0 Å². The molecule has 3 nitrogen and oxygen atoms in total. The van der Waals surface area contributed by atoms with Crippen molar-refractivity contribution in [3.8, 4) is 0 Å². The number of nitrogens with zero attached hydrogens (tertiary/aromatic N) is 1. The molecule has 2 rings (SSSR count). The highest BCUT2D eigenvalue weighted by Crippen LogP contribution is 2.38. The molecule has 2 N–H and O–H groups in total. The summed E-state index contributed by atoms with van der Waals surface area (Å²) < 4.78 is 65.9. The van der Waals surface area contributed by atoms with Gasteiger partial charge < -0.3 is 10.4 Å². The molecule has 0 amide bonds. The van der Waals surface area contributed by atoms with Gasteiger partial charge in [-0.05, 0) is 17.7 Å². The molecular weight excluding hydrogens is 307 g/mol. The van der Waals surface area contributed by atoms with Crippen LogP contribution in [0.2, 0.25) is 0 Å². The van der Waals surface area contributed by atoms with Crippen molar-refractivity contribution in [2.75, 3.05) is 32.8 Å². The van der Waals surface area contributed by atoms with Gasteiger partial charge >= 0.3 is 6.18 Å². The Hall–Kier alpha value is -1.25. The molecule has 22 heavy (non-hydrogen) atoms. The van der Waals surface area contributed by atoms with Crippen LogP contribution in [-0.2, 0) is 6.18 Å². The van der Waals surface area contributed by atoms with Gasteiger partial charge in [-0.25, -0.2) is 8.78 Å². The topological polar surface area (TPSA) is 35.5 Å². The Kier molecular flexibility index (Phi) is 5.03. The summed E-state index contributed by atoms with van der Waals surface area (Å²) in [7, 11) is 0. The van der Waals surface area contributed by atoms with Gasteiger partial charge in [-0.1, -0.05) is 12.1 Å². The Morgan fingerprint density at radius 1 is 1.05 bits per heavy atom. The number of piperazine rings is 1. The molecule has 0 bridgehead atoms. The number of hydrogen-bond acceptors (Lipinski definition) is 3. The molecule has 0 unspecified atom stereocenters. The number of aliphatic hydroxyl groups excluding tert-OH is 1. The number of hydrogen-bond donors (Lipinski definition) is 2. The van der Waals surface area contributed by atoms with Gasteiger partial charge in [-0.3, -0.25) is 4.90 Å². The summed E-state index contributed by atoms with van der Waals surface area (Å²) in [5.41, 5.74) is -0.823. The zero-order chi connectivity index (χ0) is 16.4. The highest BCUT2D eigenvalue weighted by Gasteiger charge is 2.44. The van der Waals surface area contributed by atoms with Crippen LogP contribution in [0.3, 0.4) is 0 Å². The molecule has 124 valence electrons. The minimum absolute atomic E-state index is 0.0638. The molecule has 1 atom stereocenters. The van der Waals surface area contributed by atoms with E-state index in [0.29, 0.717) is 26.2 Å². The van der Waals surface area contributed by atoms with Crippen LogP contribution in [0, 0.1) is 0 Å². The summed E-state index contributed by atoms with van der Waals surface area (Å²) in [6.07, 6.45) is -4.51. The van der Waals surface area contributed by atoms with Gasteiger partial charge in [0.25, 0.3) is 5.92 Å². The van der Waals surface area contributed by atoms with E-state index in [4.69, 9.17) is 5.11 Å². The van der Waals surface area contributed by atoms with Crippen molar-refractivity contribution >= 4 is 0 Å². The fraction of sp³-hybridized carbons (Fsp3) is 0.571. The molecule has 1 fully saturated rings. The van der Waals surface area contributed by atoms with Crippen LogP contribution >= 0.6 is 0 Å². The van der Waals surface area contributed by atoms with Gasteiger partial charge in [0.05, 0.1) is 5.56 Å². The zero-order valence-corrected chi connectivity index (χ0v) is 11.7. The van der Waals surface area contributed by atoms with E-state index in [0.717, 1.165) is 24.3 Å². The smallest absolute Gasteiger partial charge is 0.390 e. The van der Waals surface area contributed by atoms with E-state index < -0.39 is 30.3 Å². The Morgan fingerprint density at radius 3 is 2.05 bits per heavy atom. The van der Waals surface area contributed by atoms with E-state index in [9.17, 15) is 22.0 Å². The van der Waals surface area contributed by atoms with Crippen LogP contribution in [0.1, 0.15) is 17.2 Å². The predicted molar refractivity (Wildman–Crippen MR) is 70.7 cm³/mol. The maximum absolute atomic E-state index is 14.1. The Labute approximate surface area is 124 Å². The molecule has 0 saturated carbocycles. The Morgan fingerprint density at radius 2 is 1.59 bits per heavy atom. The molecule has 1 aromatic rings. The highest BCUT2D eigenvalue weighted by atomic mass is 19.4. The summed E-state index contributed by atoms with van der Waals surface area (Å²) in [4.78, 5) is 1.48. The highest BCUT2D eigenvalue weighted by molar-refractivity contribution is 5.28. The predicted octanol–water partition coefficient (Wildman–Crippen LogP) is 2.28. The molecule has 1 aliphatic rings. The standard InChI is InChI=1S/C14H17F5N2O/c15-13(16,9-22)12(21-7-5-20-6-8-21)10-1-3-11(4-2-10)14(17,18)19/h1-4,12,20,22H,5-9H2/t12-/m1/s1. The number of halogens is 5. The van der Waals surface area contributed by atoms with E-state index >= 15 is 0 Å². The normalized spacial score (nSPS) is 19.2. The number of aliphatic hydroxyl groups is 1. The Balaban J connectivity index is 2.32. The average Bonchev–Trinajstić information content (AvgIpc) is 2.48. The molecular formula is C14H17F5N2O. The third-order valence-electron chi connectivity index (χ3n) is 3.68. The first-order valence-electron chi connectivity index (χ1n) is 6.86. The summed E-state index contributed by atoms with van der Waals surface area (Å²) >= 11 is 0. The van der Waals surface area contributed by atoms with Crippen LogP contribution in [0.4, 0.5) is 22.0 Å². The second kappa shape index (κ2) is 6.47. The fourth-order valence-electron chi connectivity index (χ4n) is 2.60. The lowest BCUT2D eigenvalue weighted by atomic mass is 9.97. The summed E-state index contributed by atoms with van der Waals surface area (Å²) in [5, 5.41) is 12.0. The second-order valence-corrected chi connectivity index (χ2v) is 5.23. The molecule has 0 aliphatic carbocycles. The van der Waals surface area contributed by atoms with Crippen LogP contribution in [0.25, 0.3) is 0 Å². The summed E-state index contributed by atoms with van der Waals surface area (Å²) in [6.45, 7) is 0.336.